The van der Waals surface area contributed by atoms with Crippen LogP contribution in [0.2, 0.25) is 0 Å². The minimum absolute atomic E-state index is 0.348. The summed E-state index contributed by atoms with van der Waals surface area (Å²) in [5.41, 5.74) is 0. The van der Waals surface area contributed by atoms with Gasteiger partial charge in [-0.25, -0.2) is 0 Å². The predicted molar refractivity (Wildman–Crippen MR) is 83.0 cm³/mol. The fourth-order valence-corrected chi connectivity index (χ4v) is 4.09. The molecular weight excluding hydrogens is 338 g/mol. The standard InChI is InChI=1S/C15H15O3PSe/c1-2-13-16-19(20,17-14-9-5-3-6-10-14)18-15-11-7-4-8-12-15/h2-12H,1,13H2. The van der Waals surface area contributed by atoms with Gasteiger partial charge in [0.25, 0.3) is 0 Å². The molecule has 104 valence electrons. The molecule has 0 atom stereocenters. The van der Waals surface area contributed by atoms with Crippen LogP contribution < -0.4 is 9.05 Å². The Morgan fingerprint density at radius 1 is 0.900 bits per heavy atom. The third kappa shape index (κ3) is 4.66. The number of para-hydroxylation sites is 2. The number of rotatable bonds is 7. The quantitative estimate of drug-likeness (QED) is 0.424. The summed E-state index contributed by atoms with van der Waals surface area (Å²) in [7, 11) is 0. The van der Waals surface area contributed by atoms with Gasteiger partial charge in [0.1, 0.15) is 0 Å². The first-order valence-electron chi connectivity index (χ1n) is 6.07. The van der Waals surface area contributed by atoms with E-state index >= 15 is 0 Å². The van der Waals surface area contributed by atoms with Crippen molar-refractivity contribution in [3.8, 4) is 11.5 Å². The maximum absolute atomic E-state index is 5.87. The van der Waals surface area contributed by atoms with Crippen LogP contribution in [0.15, 0.2) is 73.3 Å². The molecule has 0 fully saturated rings. The zero-order valence-electron chi connectivity index (χ0n) is 10.8. The Bertz CT molecular complexity index is 541. The molecule has 2 aromatic rings. The molecule has 0 unspecified atom stereocenters. The summed E-state index contributed by atoms with van der Waals surface area (Å²) in [6, 6.07) is 18.9. The van der Waals surface area contributed by atoms with Gasteiger partial charge in [0.15, 0.2) is 0 Å². The van der Waals surface area contributed by atoms with E-state index in [4.69, 9.17) is 13.6 Å². The third-order valence-corrected chi connectivity index (χ3v) is 5.21. The molecule has 0 heterocycles. The summed E-state index contributed by atoms with van der Waals surface area (Å²) in [5, 5.41) is 0. The summed E-state index contributed by atoms with van der Waals surface area (Å²) in [6.45, 7) is 3.99. The van der Waals surface area contributed by atoms with E-state index in [2.05, 4.69) is 21.7 Å². The molecule has 2 rings (SSSR count). The van der Waals surface area contributed by atoms with Crippen LogP contribution in [0.3, 0.4) is 0 Å². The minimum atomic E-state index is -2.63. The molecule has 5 heteroatoms. The van der Waals surface area contributed by atoms with Crippen molar-refractivity contribution in [1.29, 1.82) is 0 Å². The van der Waals surface area contributed by atoms with Crippen molar-refractivity contribution in [2.75, 3.05) is 6.61 Å². The Morgan fingerprint density at radius 2 is 1.35 bits per heavy atom. The van der Waals surface area contributed by atoms with Crippen molar-refractivity contribution in [2.45, 2.75) is 0 Å². The number of hydrogen-bond donors (Lipinski definition) is 0. The SMILES string of the molecule is C=CCOP(=[Se])(Oc1ccccc1)Oc1ccccc1. The maximum atomic E-state index is 5.87. The molecule has 0 saturated carbocycles. The molecule has 20 heavy (non-hydrogen) atoms. The average molecular weight is 353 g/mol. The van der Waals surface area contributed by atoms with Crippen molar-refractivity contribution in [1.82, 2.24) is 0 Å². The van der Waals surface area contributed by atoms with Crippen LogP contribution in [0, 0.1) is 0 Å². The van der Waals surface area contributed by atoms with Crippen LogP contribution in [-0.2, 0) is 4.52 Å². The zero-order valence-corrected chi connectivity index (χ0v) is 13.5. The summed E-state index contributed by atoms with van der Waals surface area (Å²) in [4.78, 5) is 0. The Labute approximate surface area is 126 Å². The average Bonchev–Trinajstić information content (AvgIpc) is 2.47. The second kappa shape index (κ2) is 7.47. The van der Waals surface area contributed by atoms with Crippen molar-refractivity contribution >= 4 is 21.3 Å². The Kier molecular flexibility index (Phi) is 5.63. The van der Waals surface area contributed by atoms with E-state index in [1.54, 1.807) is 6.08 Å². The molecule has 0 aliphatic rings. The van der Waals surface area contributed by atoms with Crippen LogP contribution in [0.5, 0.6) is 11.5 Å². The molecule has 2 aromatic carbocycles. The van der Waals surface area contributed by atoms with Crippen molar-refractivity contribution in [3.05, 3.63) is 73.3 Å². The third-order valence-electron chi connectivity index (χ3n) is 2.27. The van der Waals surface area contributed by atoms with Crippen molar-refractivity contribution < 1.29 is 13.6 Å². The molecule has 0 saturated heterocycles. The first kappa shape index (κ1) is 15.1. The topological polar surface area (TPSA) is 27.7 Å². The van der Waals surface area contributed by atoms with E-state index in [-0.39, 0.29) is 0 Å². The molecule has 0 aliphatic carbocycles. The Balaban J connectivity index is 2.16. The second-order valence-electron chi connectivity index (χ2n) is 3.84. The van der Waals surface area contributed by atoms with Gasteiger partial charge in [0.2, 0.25) is 0 Å². The summed E-state index contributed by atoms with van der Waals surface area (Å²) in [6.07, 6.45) is -0.964. The van der Waals surface area contributed by atoms with Gasteiger partial charge < -0.3 is 0 Å². The van der Waals surface area contributed by atoms with Crippen LogP contribution in [-0.4, -0.2) is 21.7 Å². The van der Waals surface area contributed by atoms with Gasteiger partial charge in [0.05, 0.1) is 0 Å². The first-order chi connectivity index (χ1) is 9.72. The van der Waals surface area contributed by atoms with E-state index < -0.39 is 6.19 Å². The van der Waals surface area contributed by atoms with E-state index in [9.17, 15) is 0 Å². The number of benzene rings is 2. The van der Waals surface area contributed by atoms with Gasteiger partial charge in [-0.1, -0.05) is 0 Å². The molecule has 0 N–H and O–H groups in total. The molecule has 0 aliphatic heterocycles. The Morgan fingerprint density at radius 3 is 1.75 bits per heavy atom. The van der Waals surface area contributed by atoms with Crippen LogP contribution >= 0.6 is 6.19 Å². The van der Waals surface area contributed by atoms with E-state index in [1.807, 2.05) is 60.7 Å². The summed E-state index contributed by atoms with van der Waals surface area (Å²) in [5.74, 6) is 1.39. The van der Waals surface area contributed by atoms with Crippen LogP contribution in [0.25, 0.3) is 0 Å². The van der Waals surface area contributed by atoms with E-state index in [0.717, 1.165) is 0 Å². The Hall–Kier alpha value is -1.31. The summed E-state index contributed by atoms with van der Waals surface area (Å²) >= 11 is 2.92. The first-order valence-corrected chi connectivity index (χ1v) is 9.82. The summed E-state index contributed by atoms with van der Waals surface area (Å²) < 4.78 is 17.4. The van der Waals surface area contributed by atoms with Gasteiger partial charge in [0, 0.05) is 0 Å². The van der Waals surface area contributed by atoms with E-state index in [0.29, 0.717) is 18.1 Å². The molecule has 0 bridgehead atoms. The fourth-order valence-electron chi connectivity index (χ4n) is 1.44. The molecule has 0 aromatic heterocycles. The molecule has 0 radical (unpaired) electrons. The van der Waals surface area contributed by atoms with Crippen molar-refractivity contribution in [2.24, 2.45) is 0 Å². The fraction of sp³-hybridized carbons (Fsp3) is 0.0667. The van der Waals surface area contributed by atoms with E-state index in [1.165, 1.54) is 0 Å². The predicted octanol–water partition coefficient (Wildman–Crippen LogP) is 4.19. The van der Waals surface area contributed by atoms with Gasteiger partial charge >= 0.3 is 126 Å². The van der Waals surface area contributed by atoms with Gasteiger partial charge in [-0.3, -0.25) is 0 Å². The monoisotopic (exact) mass is 354 g/mol. The molecular formula is C15H15O3PSe. The van der Waals surface area contributed by atoms with Gasteiger partial charge in [-0.05, 0) is 0 Å². The normalized spacial score (nSPS) is 10.8. The number of hydrogen-bond acceptors (Lipinski definition) is 3. The molecule has 0 spiro atoms. The van der Waals surface area contributed by atoms with Gasteiger partial charge in [-0.15, -0.1) is 0 Å². The van der Waals surface area contributed by atoms with Crippen LogP contribution in [0.4, 0.5) is 0 Å². The second-order valence-corrected chi connectivity index (χ2v) is 8.17. The van der Waals surface area contributed by atoms with Gasteiger partial charge in [-0.2, -0.15) is 0 Å². The zero-order chi connectivity index (χ0) is 14.3. The van der Waals surface area contributed by atoms with Crippen LogP contribution in [0.1, 0.15) is 0 Å². The molecule has 3 nitrogen and oxygen atoms in total. The molecule has 0 amide bonds. The van der Waals surface area contributed by atoms with Crippen molar-refractivity contribution in [3.63, 3.8) is 0 Å².